The van der Waals surface area contributed by atoms with Crippen LogP contribution in [0.15, 0.2) is 11.6 Å². The topological polar surface area (TPSA) is 63.6 Å². The number of Topliss-reactive ketones (excluding diaryl/α,β-unsaturated/α-hetero) is 1. The third-order valence-corrected chi connectivity index (χ3v) is 2.92. The van der Waals surface area contributed by atoms with Crippen molar-refractivity contribution in [2.45, 2.75) is 30.5 Å². The van der Waals surface area contributed by atoms with Crippen LogP contribution in [-0.4, -0.2) is 34.9 Å². The summed E-state index contributed by atoms with van der Waals surface area (Å²) in [5.41, 5.74) is 0.889. The standard InChI is InChI=1S/C11H15BrO4/c12-9-5-8(10(13)6-9)3-1-2-4-16-7-11(14)15/h5,9H,1-4,6-7H2,(H,14,15). The first-order valence-electron chi connectivity index (χ1n) is 5.27. The fraction of sp³-hybridized carbons (Fsp3) is 0.636. The highest BCUT2D eigenvalue weighted by molar-refractivity contribution is 9.09. The first kappa shape index (κ1) is 13.4. The summed E-state index contributed by atoms with van der Waals surface area (Å²) in [5.74, 6) is -0.732. The average molecular weight is 291 g/mol. The van der Waals surface area contributed by atoms with E-state index in [1.807, 2.05) is 6.08 Å². The van der Waals surface area contributed by atoms with Crippen molar-refractivity contribution in [1.29, 1.82) is 0 Å². The molecule has 0 heterocycles. The monoisotopic (exact) mass is 290 g/mol. The van der Waals surface area contributed by atoms with Crippen molar-refractivity contribution in [3.05, 3.63) is 11.6 Å². The summed E-state index contributed by atoms with van der Waals surface area (Å²) < 4.78 is 4.89. The Morgan fingerprint density at radius 1 is 1.56 bits per heavy atom. The van der Waals surface area contributed by atoms with E-state index in [9.17, 15) is 9.59 Å². The van der Waals surface area contributed by atoms with Crippen molar-refractivity contribution in [3.8, 4) is 0 Å². The van der Waals surface area contributed by atoms with Crippen LogP contribution in [-0.2, 0) is 14.3 Å². The first-order valence-corrected chi connectivity index (χ1v) is 6.18. The van der Waals surface area contributed by atoms with Crippen LogP contribution in [0.1, 0.15) is 25.7 Å². The van der Waals surface area contributed by atoms with Crippen LogP contribution in [0.5, 0.6) is 0 Å². The molecule has 1 unspecified atom stereocenters. The fourth-order valence-electron chi connectivity index (χ4n) is 1.58. The number of hydrogen-bond donors (Lipinski definition) is 1. The highest BCUT2D eigenvalue weighted by Gasteiger charge is 2.20. The number of carbonyl (C=O) groups is 2. The summed E-state index contributed by atoms with van der Waals surface area (Å²) in [6.45, 7) is 0.191. The van der Waals surface area contributed by atoms with Gasteiger partial charge in [-0.25, -0.2) is 4.79 Å². The van der Waals surface area contributed by atoms with Crippen LogP contribution in [0.4, 0.5) is 0 Å². The van der Waals surface area contributed by atoms with Crippen LogP contribution in [0, 0.1) is 0 Å². The lowest BCUT2D eigenvalue weighted by molar-refractivity contribution is -0.142. The van der Waals surface area contributed by atoms with Crippen molar-refractivity contribution in [1.82, 2.24) is 0 Å². The predicted octanol–water partition coefficient (Wildman–Crippen LogP) is 1.92. The molecule has 5 heteroatoms. The summed E-state index contributed by atoms with van der Waals surface area (Å²) in [6, 6.07) is 0. The van der Waals surface area contributed by atoms with Gasteiger partial charge in [-0.05, 0) is 24.8 Å². The molecule has 1 aliphatic rings. The number of aliphatic carboxylic acids is 1. The minimum absolute atomic E-state index is 0.193. The zero-order chi connectivity index (χ0) is 12.0. The molecule has 1 rings (SSSR count). The molecule has 0 saturated heterocycles. The second-order valence-corrected chi connectivity index (χ2v) is 4.91. The van der Waals surface area contributed by atoms with Crippen molar-refractivity contribution >= 4 is 27.7 Å². The van der Waals surface area contributed by atoms with Gasteiger partial charge in [0.25, 0.3) is 0 Å². The molecule has 1 atom stereocenters. The van der Waals surface area contributed by atoms with Gasteiger partial charge in [-0.3, -0.25) is 4.79 Å². The summed E-state index contributed by atoms with van der Waals surface area (Å²) in [4.78, 5) is 21.7. The molecule has 0 fully saturated rings. The molecule has 4 nitrogen and oxygen atoms in total. The maximum Gasteiger partial charge on any atom is 0.329 e. The third kappa shape index (κ3) is 4.90. The lowest BCUT2D eigenvalue weighted by atomic mass is 10.1. The number of carboxylic acids is 1. The molecule has 0 aromatic carbocycles. The Morgan fingerprint density at radius 3 is 2.88 bits per heavy atom. The Hall–Kier alpha value is -0.680. The van der Waals surface area contributed by atoms with E-state index in [1.165, 1.54) is 0 Å². The maximum absolute atomic E-state index is 11.4. The number of alkyl halides is 1. The molecule has 0 aromatic rings. The largest absolute Gasteiger partial charge is 0.480 e. The van der Waals surface area contributed by atoms with Gasteiger partial charge in [-0.1, -0.05) is 22.0 Å². The van der Waals surface area contributed by atoms with Gasteiger partial charge in [0.1, 0.15) is 6.61 Å². The third-order valence-electron chi connectivity index (χ3n) is 2.33. The number of halogens is 1. The molecule has 16 heavy (non-hydrogen) atoms. The Balaban J connectivity index is 2.05. The van der Waals surface area contributed by atoms with E-state index in [0.29, 0.717) is 13.0 Å². The van der Waals surface area contributed by atoms with E-state index >= 15 is 0 Å². The van der Waals surface area contributed by atoms with E-state index in [1.54, 1.807) is 0 Å². The van der Waals surface area contributed by atoms with Gasteiger partial charge in [0.15, 0.2) is 5.78 Å². The minimum Gasteiger partial charge on any atom is -0.480 e. The van der Waals surface area contributed by atoms with Crippen LogP contribution in [0.3, 0.4) is 0 Å². The molecule has 0 spiro atoms. The SMILES string of the molecule is O=C(O)COCCCCC1=CC(Br)CC1=O. The Kier molecular flexibility index (Phi) is 5.69. The fourth-order valence-corrected chi connectivity index (χ4v) is 2.19. The molecule has 0 aromatic heterocycles. The van der Waals surface area contributed by atoms with Crippen LogP contribution in [0.2, 0.25) is 0 Å². The predicted molar refractivity (Wildman–Crippen MR) is 62.7 cm³/mol. The van der Waals surface area contributed by atoms with Crippen LogP contribution < -0.4 is 0 Å². The molecule has 0 saturated carbocycles. The Bertz CT molecular complexity index is 298. The quantitative estimate of drug-likeness (QED) is 0.575. The summed E-state index contributed by atoms with van der Waals surface area (Å²) in [5, 5.41) is 8.32. The number of unbranched alkanes of at least 4 members (excludes halogenated alkanes) is 1. The first-order chi connectivity index (χ1) is 7.59. The van der Waals surface area contributed by atoms with Gasteiger partial charge in [0.05, 0.1) is 0 Å². The molecular weight excluding hydrogens is 276 g/mol. The van der Waals surface area contributed by atoms with E-state index in [-0.39, 0.29) is 17.2 Å². The number of allylic oxidation sites excluding steroid dienone is 2. The van der Waals surface area contributed by atoms with Gasteiger partial charge in [-0.15, -0.1) is 0 Å². The number of rotatable bonds is 7. The molecule has 1 N–H and O–H groups in total. The van der Waals surface area contributed by atoms with Crippen molar-refractivity contribution < 1.29 is 19.4 Å². The van der Waals surface area contributed by atoms with Crippen LogP contribution >= 0.6 is 15.9 Å². The maximum atomic E-state index is 11.4. The number of ether oxygens (including phenoxy) is 1. The molecule has 90 valence electrons. The molecule has 0 aliphatic heterocycles. The molecule has 0 bridgehead atoms. The van der Waals surface area contributed by atoms with Gasteiger partial charge in [0, 0.05) is 17.9 Å². The lowest BCUT2D eigenvalue weighted by Gasteiger charge is -2.02. The molecule has 0 radical (unpaired) electrons. The second-order valence-electron chi connectivity index (χ2n) is 3.74. The van der Waals surface area contributed by atoms with Gasteiger partial charge in [-0.2, -0.15) is 0 Å². The van der Waals surface area contributed by atoms with Crippen molar-refractivity contribution in [3.63, 3.8) is 0 Å². The minimum atomic E-state index is -0.948. The van der Waals surface area contributed by atoms with Gasteiger partial charge >= 0.3 is 5.97 Å². The van der Waals surface area contributed by atoms with Gasteiger partial charge < -0.3 is 9.84 Å². The summed E-state index contributed by atoms with van der Waals surface area (Å²) in [7, 11) is 0. The molecule has 1 aliphatic carbocycles. The van der Waals surface area contributed by atoms with E-state index < -0.39 is 5.97 Å². The van der Waals surface area contributed by atoms with Crippen molar-refractivity contribution in [2.24, 2.45) is 0 Å². The highest BCUT2D eigenvalue weighted by Crippen LogP contribution is 2.24. The average Bonchev–Trinajstić information content (AvgIpc) is 2.50. The summed E-state index contributed by atoms with van der Waals surface area (Å²) in [6.07, 6.45) is 4.92. The highest BCUT2D eigenvalue weighted by atomic mass is 79.9. The zero-order valence-corrected chi connectivity index (χ0v) is 10.5. The van der Waals surface area contributed by atoms with Crippen LogP contribution in [0.25, 0.3) is 0 Å². The smallest absolute Gasteiger partial charge is 0.329 e. The normalized spacial score (nSPS) is 19.9. The van der Waals surface area contributed by atoms with Gasteiger partial charge in [0.2, 0.25) is 0 Å². The Labute approximate surface area is 103 Å². The number of carboxylic acid groups (broad SMARTS) is 1. The van der Waals surface area contributed by atoms with Crippen molar-refractivity contribution in [2.75, 3.05) is 13.2 Å². The molecular formula is C11H15BrO4. The van der Waals surface area contributed by atoms with E-state index in [2.05, 4.69) is 15.9 Å². The van der Waals surface area contributed by atoms with E-state index in [0.717, 1.165) is 24.8 Å². The number of carbonyl (C=O) groups excluding carboxylic acids is 1. The Morgan fingerprint density at radius 2 is 2.31 bits per heavy atom. The number of ketones is 1. The van der Waals surface area contributed by atoms with E-state index in [4.69, 9.17) is 9.84 Å². The lowest BCUT2D eigenvalue weighted by Crippen LogP contribution is -2.07. The number of hydrogen-bond acceptors (Lipinski definition) is 3. The molecule has 0 amide bonds. The zero-order valence-electron chi connectivity index (χ0n) is 8.95. The second kappa shape index (κ2) is 6.81. The summed E-state index contributed by atoms with van der Waals surface area (Å²) >= 11 is 3.38.